The van der Waals surface area contributed by atoms with Crippen LogP contribution in [0.1, 0.15) is 70.7 Å². The maximum Gasteiger partial charge on any atom is 0.413 e. The summed E-state index contributed by atoms with van der Waals surface area (Å²) in [5.41, 5.74) is 14.6. The number of piperidine rings is 1. The first-order valence-electron chi connectivity index (χ1n) is 14.8. The lowest BCUT2D eigenvalue weighted by Crippen LogP contribution is -2.42. The maximum atomic E-state index is 12.0. The number of nitrogens with two attached hydrogens (primary N) is 2. The van der Waals surface area contributed by atoms with Crippen molar-refractivity contribution in [1.29, 1.82) is 0 Å². The van der Waals surface area contributed by atoms with E-state index >= 15 is 0 Å². The van der Waals surface area contributed by atoms with E-state index < -0.39 is 17.8 Å². The number of aliphatic hydroxyl groups is 1. The number of likely N-dealkylation sites (tertiary alicyclic amines) is 1. The zero-order valence-electron chi connectivity index (χ0n) is 25.7. The van der Waals surface area contributed by atoms with Crippen molar-refractivity contribution in [3.8, 4) is 5.75 Å². The fraction of sp³-hybridized carbons (Fsp3) is 0.600. The van der Waals surface area contributed by atoms with E-state index in [1.807, 2.05) is 19.1 Å². The number of thiazole rings is 1. The Labute approximate surface area is 257 Å². The molecule has 1 amide bonds. The normalized spacial score (nSPS) is 20.1. The van der Waals surface area contributed by atoms with Gasteiger partial charge in [0.25, 0.3) is 0 Å². The van der Waals surface area contributed by atoms with Crippen LogP contribution in [0, 0.1) is 0 Å². The van der Waals surface area contributed by atoms with E-state index in [2.05, 4.69) is 26.4 Å². The molecule has 43 heavy (non-hydrogen) atoms. The molecule has 0 saturated carbocycles. The summed E-state index contributed by atoms with van der Waals surface area (Å²) in [5, 5.41) is 18.9. The van der Waals surface area contributed by atoms with Crippen molar-refractivity contribution in [2.24, 2.45) is 21.6 Å². The highest BCUT2D eigenvalue weighted by molar-refractivity contribution is 7.14. The largest absolute Gasteiger partial charge is 0.486 e. The second-order valence-electron chi connectivity index (χ2n) is 12.1. The fourth-order valence-corrected chi connectivity index (χ4v) is 5.68. The number of amidine groups is 1. The molecule has 4 rings (SSSR count). The molecular weight excluding hydrogens is 570 g/mol. The molecule has 1 aromatic carbocycles. The van der Waals surface area contributed by atoms with E-state index in [0.29, 0.717) is 28.9 Å². The number of nitrogens with zero attached hydrogens (tertiary/aromatic N) is 4. The topological polar surface area (TPSA) is 170 Å². The van der Waals surface area contributed by atoms with Gasteiger partial charge < -0.3 is 35.8 Å². The second-order valence-corrected chi connectivity index (χ2v) is 13.0. The lowest BCUT2D eigenvalue weighted by molar-refractivity contribution is -0.0203. The number of fused-ring (bicyclic) bond motifs is 1. The van der Waals surface area contributed by atoms with Crippen molar-refractivity contribution in [2.45, 2.75) is 90.3 Å². The molecule has 3 heterocycles. The van der Waals surface area contributed by atoms with Gasteiger partial charge >= 0.3 is 6.09 Å². The van der Waals surface area contributed by atoms with E-state index in [-0.39, 0.29) is 24.8 Å². The molecule has 2 aliphatic heterocycles. The van der Waals surface area contributed by atoms with Crippen molar-refractivity contribution in [3.05, 3.63) is 40.4 Å². The smallest absolute Gasteiger partial charge is 0.413 e. The van der Waals surface area contributed by atoms with Crippen molar-refractivity contribution >= 4 is 34.1 Å². The summed E-state index contributed by atoms with van der Waals surface area (Å²) in [4.78, 5) is 29.2. The number of β-amino-alcohol motifs (C(OH)–C–C–N with tert-alkyl or cyclic N) is 1. The molecule has 1 saturated heterocycles. The first-order chi connectivity index (χ1) is 20.4. The monoisotopic (exact) mass is 615 g/mol. The molecule has 3 unspecified atom stereocenters. The highest BCUT2D eigenvalue weighted by atomic mass is 32.1. The molecule has 236 valence electrons. The number of hydrogen-bond acceptors (Lipinski definition) is 11. The van der Waals surface area contributed by atoms with Crippen molar-refractivity contribution in [2.75, 3.05) is 31.5 Å². The van der Waals surface area contributed by atoms with Gasteiger partial charge in [0, 0.05) is 37.1 Å². The highest BCUT2D eigenvalue weighted by Crippen LogP contribution is 2.30. The summed E-state index contributed by atoms with van der Waals surface area (Å²) >= 11 is 1.29. The number of hydrogen-bond donors (Lipinski definition) is 4. The lowest BCUT2D eigenvalue weighted by Gasteiger charge is -2.31. The summed E-state index contributed by atoms with van der Waals surface area (Å²) in [6.45, 7) is 11.8. The molecule has 12 nitrogen and oxygen atoms in total. The van der Waals surface area contributed by atoms with Crippen LogP contribution in [-0.2, 0) is 16.0 Å². The minimum atomic E-state index is -0.590. The van der Waals surface area contributed by atoms with Gasteiger partial charge in [-0.1, -0.05) is 5.16 Å². The average Bonchev–Trinajstić information content (AvgIpc) is 3.43. The molecular formula is C30H45N7O5S. The third-order valence-corrected chi connectivity index (χ3v) is 8.07. The van der Waals surface area contributed by atoms with Crippen LogP contribution in [0.25, 0.3) is 0 Å². The molecule has 1 aromatic heterocycles. The van der Waals surface area contributed by atoms with Gasteiger partial charge in [-0.25, -0.2) is 9.78 Å². The minimum Gasteiger partial charge on any atom is -0.486 e. The average molecular weight is 616 g/mol. The van der Waals surface area contributed by atoms with Crippen LogP contribution < -0.4 is 21.5 Å². The number of carbonyl (C=O) groups is 1. The Bertz CT molecular complexity index is 1300. The van der Waals surface area contributed by atoms with Crippen LogP contribution in [0.15, 0.2) is 33.7 Å². The van der Waals surface area contributed by atoms with Gasteiger partial charge in [0.1, 0.15) is 34.7 Å². The Balaban J connectivity index is 1.28. The van der Waals surface area contributed by atoms with Crippen LogP contribution in [-0.4, -0.2) is 88.8 Å². The number of rotatable bonds is 10. The number of ether oxygens (including phenoxy) is 2. The predicted octanol–water partition coefficient (Wildman–Crippen LogP) is 3.50. The number of aliphatic imine (C=N–C) groups is 1. The lowest BCUT2D eigenvalue weighted by atomic mass is 9.97. The SMILES string of the molecule is C/C(=N\OC(C)C1CCc2cc(C(N)=NC3CCN(CC(O)CN)CC3)ccc2O1)c1csc(NC(=O)OC(C)(C)C)n1. The van der Waals surface area contributed by atoms with E-state index in [1.54, 1.807) is 33.1 Å². The minimum absolute atomic E-state index is 0.163. The van der Waals surface area contributed by atoms with Crippen LogP contribution in [0.4, 0.5) is 9.93 Å². The Hall–Kier alpha value is -3.26. The number of carbonyl (C=O) groups excluding carboxylic acids is 1. The van der Waals surface area contributed by atoms with Crippen molar-refractivity contribution in [1.82, 2.24) is 9.88 Å². The Kier molecular flexibility index (Phi) is 11.0. The van der Waals surface area contributed by atoms with E-state index in [0.717, 1.165) is 55.6 Å². The first kappa shape index (κ1) is 32.6. The first-order valence-corrected chi connectivity index (χ1v) is 15.7. The van der Waals surface area contributed by atoms with Gasteiger partial charge in [0.15, 0.2) is 11.2 Å². The fourth-order valence-electron chi connectivity index (χ4n) is 4.94. The van der Waals surface area contributed by atoms with Gasteiger partial charge in [0.05, 0.1) is 12.1 Å². The summed E-state index contributed by atoms with van der Waals surface area (Å²) in [6.07, 6.45) is 1.92. The summed E-state index contributed by atoms with van der Waals surface area (Å²) < 4.78 is 11.5. The van der Waals surface area contributed by atoms with Gasteiger partial charge in [-0.2, -0.15) is 0 Å². The molecule has 2 aliphatic rings. The Morgan fingerprint density at radius 1 is 1.30 bits per heavy atom. The molecule has 0 spiro atoms. The Morgan fingerprint density at radius 2 is 2.05 bits per heavy atom. The van der Waals surface area contributed by atoms with Gasteiger partial charge in [-0.3, -0.25) is 10.3 Å². The van der Waals surface area contributed by atoms with Crippen molar-refractivity contribution in [3.63, 3.8) is 0 Å². The summed E-state index contributed by atoms with van der Waals surface area (Å²) in [7, 11) is 0. The molecule has 2 aromatic rings. The zero-order chi connectivity index (χ0) is 31.1. The quantitative estimate of drug-likeness (QED) is 0.177. The third kappa shape index (κ3) is 9.62. The number of nitrogens with one attached hydrogen (secondary N) is 1. The van der Waals surface area contributed by atoms with Crippen LogP contribution >= 0.6 is 11.3 Å². The van der Waals surface area contributed by atoms with Gasteiger partial charge in [-0.05, 0) is 84.1 Å². The van der Waals surface area contributed by atoms with Crippen molar-refractivity contribution < 1.29 is 24.2 Å². The Morgan fingerprint density at radius 3 is 2.74 bits per heavy atom. The van der Waals surface area contributed by atoms with E-state index in [9.17, 15) is 9.90 Å². The van der Waals surface area contributed by atoms with Crippen LogP contribution in [0.2, 0.25) is 0 Å². The number of benzene rings is 1. The number of aromatic nitrogens is 1. The summed E-state index contributed by atoms with van der Waals surface area (Å²) in [6, 6.07) is 6.13. The maximum absolute atomic E-state index is 12.0. The molecule has 6 N–H and O–H groups in total. The standard InChI is InChI=1S/C30H45N7O5S/c1-18(24-17-43-28(34-24)35-29(39)41-30(3,4)5)36-42-19(2)25-8-6-20-14-21(7-9-26(20)40-25)27(32)33-22-10-12-37(13-11-22)16-23(38)15-31/h7,9,14,17,19,22-23,25,38H,6,8,10-13,15-16,31H2,1-5H3,(H2,32,33)(H,34,35,39)/b36-18+. The second kappa shape index (κ2) is 14.5. The number of aryl methyl sites for hydroxylation is 1. The van der Waals surface area contributed by atoms with Crippen LogP contribution in [0.3, 0.4) is 0 Å². The number of amides is 1. The molecule has 1 fully saturated rings. The molecule has 0 bridgehead atoms. The van der Waals surface area contributed by atoms with E-state index in [4.69, 9.17) is 30.8 Å². The highest BCUT2D eigenvalue weighted by Gasteiger charge is 2.27. The molecule has 13 heteroatoms. The molecule has 0 aliphatic carbocycles. The molecule has 0 radical (unpaired) electrons. The molecule has 3 atom stereocenters. The number of anilines is 1. The predicted molar refractivity (Wildman–Crippen MR) is 169 cm³/mol. The number of aliphatic hydroxyl groups excluding tert-OH is 1. The number of oxime groups is 1. The van der Waals surface area contributed by atoms with Gasteiger partial charge in [-0.15, -0.1) is 11.3 Å². The zero-order valence-corrected chi connectivity index (χ0v) is 26.5. The van der Waals surface area contributed by atoms with E-state index in [1.165, 1.54) is 11.3 Å². The summed E-state index contributed by atoms with van der Waals surface area (Å²) in [5.74, 6) is 1.35. The third-order valence-electron chi connectivity index (χ3n) is 7.31. The van der Waals surface area contributed by atoms with Gasteiger partial charge in [0.2, 0.25) is 0 Å². The van der Waals surface area contributed by atoms with Crippen LogP contribution in [0.5, 0.6) is 5.75 Å².